The number of aliphatic hydroxyl groups excluding tert-OH is 1. The van der Waals surface area contributed by atoms with Gasteiger partial charge in [-0.05, 0) is 30.7 Å². The molecule has 0 saturated carbocycles. The number of aromatic nitrogens is 3. The van der Waals surface area contributed by atoms with Gasteiger partial charge in [-0.3, -0.25) is 14.8 Å². The largest absolute Gasteiger partial charge is 0.464 e. The van der Waals surface area contributed by atoms with Crippen LogP contribution in [0.2, 0.25) is 0 Å². The van der Waals surface area contributed by atoms with Gasteiger partial charge in [-0.15, -0.1) is 0 Å². The first-order chi connectivity index (χ1) is 15.2. The monoisotopic (exact) mass is 415 g/mol. The van der Waals surface area contributed by atoms with Crippen molar-refractivity contribution in [3.8, 4) is 11.3 Å². The molecule has 0 aliphatic carbocycles. The topological polar surface area (TPSA) is 104 Å². The van der Waals surface area contributed by atoms with Gasteiger partial charge in [0.1, 0.15) is 11.4 Å². The molecule has 5 rings (SSSR count). The fourth-order valence-electron chi connectivity index (χ4n) is 3.85. The molecule has 8 heteroatoms. The minimum atomic E-state index is -0.127. The summed E-state index contributed by atoms with van der Waals surface area (Å²) in [5.41, 5.74) is 3.69. The second-order valence-corrected chi connectivity index (χ2v) is 7.50. The summed E-state index contributed by atoms with van der Waals surface area (Å²) in [6.45, 7) is 1.33. The van der Waals surface area contributed by atoms with Gasteiger partial charge in [0.2, 0.25) is 0 Å². The summed E-state index contributed by atoms with van der Waals surface area (Å²) < 4.78 is 5.44. The van der Waals surface area contributed by atoms with E-state index in [1.54, 1.807) is 24.9 Å². The number of carbonyl (C=O) groups is 1. The Bertz CT molecular complexity index is 1200. The van der Waals surface area contributed by atoms with Crippen LogP contribution in [-0.2, 0) is 6.61 Å². The first-order valence-corrected chi connectivity index (χ1v) is 10.1. The number of pyridine rings is 1. The van der Waals surface area contributed by atoms with E-state index in [2.05, 4.69) is 25.2 Å². The lowest BCUT2D eigenvalue weighted by Gasteiger charge is -2.17. The van der Waals surface area contributed by atoms with Gasteiger partial charge in [0.05, 0.1) is 36.7 Å². The van der Waals surface area contributed by atoms with Gasteiger partial charge >= 0.3 is 0 Å². The average Bonchev–Trinajstić information content (AvgIpc) is 3.49. The number of benzene rings is 1. The number of carbonyl (C=O) groups excluding carboxylic acids is 1. The number of rotatable bonds is 5. The number of hydrogen-bond acceptors (Lipinski definition) is 7. The number of furan rings is 1. The number of nitrogens with one attached hydrogen (secondary N) is 1. The number of amides is 1. The lowest BCUT2D eigenvalue weighted by Crippen LogP contribution is -2.37. The van der Waals surface area contributed by atoms with Crippen LogP contribution in [0.3, 0.4) is 0 Å². The molecule has 1 saturated heterocycles. The van der Waals surface area contributed by atoms with Crippen molar-refractivity contribution in [1.29, 1.82) is 0 Å². The Morgan fingerprint density at radius 1 is 1.13 bits per heavy atom. The third kappa shape index (κ3) is 3.85. The quantitative estimate of drug-likeness (QED) is 0.516. The second kappa shape index (κ2) is 8.16. The molecule has 156 valence electrons. The van der Waals surface area contributed by atoms with E-state index >= 15 is 0 Å². The zero-order chi connectivity index (χ0) is 21.2. The Balaban J connectivity index is 1.24. The summed E-state index contributed by atoms with van der Waals surface area (Å²) in [7, 11) is 0. The van der Waals surface area contributed by atoms with Crippen molar-refractivity contribution < 1.29 is 14.3 Å². The van der Waals surface area contributed by atoms with Crippen LogP contribution in [0.4, 0.5) is 5.82 Å². The van der Waals surface area contributed by atoms with Crippen molar-refractivity contribution in [2.75, 3.05) is 18.0 Å². The number of fused-ring (bicyclic) bond motifs is 1. The van der Waals surface area contributed by atoms with Crippen LogP contribution in [0.15, 0.2) is 65.7 Å². The molecular weight excluding hydrogens is 394 g/mol. The normalized spacial score (nSPS) is 16.0. The number of hydrogen-bond donors (Lipinski definition) is 2. The van der Waals surface area contributed by atoms with E-state index in [9.17, 15) is 4.79 Å². The fourth-order valence-corrected chi connectivity index (χ4v) is 3.85. The third-order valence-corrected chi connectivity index (χ3v) is 5.50. The Morgan fingerprint density at radius 2 is 2.00 bits per heavy atom. The summed E-state index contributed by atoms with van der Waals surface area (Å²) >= 11 is 0. The maximum atomic E-state index is 12.7. The highest BCUT2D eigenvalue weighted by Crippen LogP contribution is 2.27. The number of anilines is 1. The van der Waals surface area contributed by atoms with Gasteiger partial charge in [0.15, 0.2) is 0 Å². The molecule has 1 amide bonds. The maximum absolute atomic E-state index is 12.7. The van der Waals surface area contributed by atoms with E-state index in [4.69, 9.17) is 9.52 Å². The Kier molecular flexibility index (Phi) is 5.05. The lowest BCUT2D eigenvalue weighted by molar-refractivity contribution is 0.0940. The molecular formula is C23H21N5O3. The average molecular weight is 415 g/mol. The molecule has 31 heavy (non-hydrogen) atoms. The summed E-state index contributed by atoms with van der Waals surface area (Å²) in [5.74, 6) is 0.647. The molecule has 1 atom stereocenters. The Labute approximate surface area is 178 Å². The molecule has 3 aromatic heterocycles. The standard InChI is InChI=1S/C23H21N5O3/c29-14-18-11-26-21(12-25-18)28-9-6-17(13-28)27-23(30)16-3-1-15(2-4-16)22-19-7-10-31-20(19)5-8-24-22/h1-5,7-8,10-12,17,29H,6,9,13-14H2,(H,27,30). The van der Waals surface area contributed by atoms with E-state index in [-0.39, 0.29) is 18.6 Å². The van der Waals surface area contributed by atoms with Gasteiger partial charge in [0, 0.05) is 41.8 Å². The van der Waals surface area contributed by atoms with Crippen molar-refractivity contribution >= 4 is 22.7 Å². The SMILES string of the molecule is O=C(NC1CCN(c2cnc(CO)cn2)C1)c1ccc(-c2nccc3occc23)cc1. The summed E-state index contributed by atoms with van der Waals surface area (Å²) in [6.07, 6.45) is 7.43. The highest BCUT2D eigenvalue weighted by molar-refractivity contribution is 5.96. The molecule has 4 heterocycles. The van der Waals surface area contributed by atoms with E-state index < -0.39 is 0 Å². The van der Waals surface area contributed by atoms with Crippen LogP contribution in [0.5, 0.6) is 0 Å². The van der Waals surface area contributed by atoms with Crippen LogP contribution < -0.4 is 10.2 Å². The number of aliphatic hydroxyl groups is 1. The van der Waals surface area contributed by atoms with E-state index in [1.807, 2.05) is 36.4 Å². The first-order valence-electron chi connectivity index (χ1n) is 10.1. The van der Waals surface area contributed by atoms with Gasteiger partial charge < -0.3 is 19.7 Å². The van der Waals surface area contributed by atoms with Gasteiger partial charge in [-0.2, -0.15) is 0 Å². The van der Waals surface area contributed by atoms with Crippen LogP contribution in [0, 0.1) is 0 Å². The van der Waals surface area contributed by atoms with E-state index in [1.165, 1.54) is 0 Å². The molecule has 8 nitrogen and oxygen atoms in total. The molecule has 1 aliphatic heterocycles. The molecule has 0 radical (unpaired) electrons. The minimum Gasteiger partial charge on any atom is -0.464 e. The van der Waals surface area contributed by atoms with Crippen molar-refractivity contribution in [3.63, 3.8) is 0 Å². The lowest BCUT2D eigenvalue weighted by atomic mass is 10.1. The smallest absolute Gasteiger partial charge is 0.251 e. The predicted molar refractivity (Wildman–Crippen MR) is 115 cm³/mol. The molecule has 2 N–H and O–H groups in total. The number of nitrogens with zero attached hydrogens (tertiary/aromatic N) is 4. The van der Waals surface area contributed by atoms with Crippen molar-refractivity contribution in [1.82, 2.24) is 20.3 Å². The van der Waals surface area contributed by atoms with Crippen molar-refractivity contribution in [2.24, 2.45) is 0 Å². The molecule has 0 spiro atoms. The highest BCUT2D eigenvalue weighted by Gasteiger charge is 2.25. The maximum Gasteiger partial charge on any atom is 0.251 e. The molecule has 1 aliphatic rings. The van der Waals surface area contributed by atoms with Gasteiger partial charge in [-0.1, -0.05) is 12.1 Å². The van der Waals surface area contributed by atoms with Crippen molar-refractivity contribution in [3.05, 3.63) is 72.5 Å². The molecule has 1 unspecified atom stereocenters. The Hall–Kier alpha value is -3.78. The fraction of sp³-hybridized carbons (Fsp3) is 0.217. The predicted octanol–water partition coefficient (Wildman–Crippen LogP) is 2.79. The summed E-state index contributed by atoms with van der Waals surface area (Å²) in [5, 5.41) is 13.1. The molecule has 4 aromatic rings. The van der Waals surface area contributed by atoms with E-state index in [0.717, 1.165) is 41.0 Å². The zero-order valence-corrected chi connectivity index (χ0v) is 16.7. The summed E-state index contributed by atoms with van der Waals surface area (Å²) in [4.78, 5) is 27.8. The van der Waals surface area contributed by atoms with Crippen LogP contribution in [0.25, 0.3) is 22.2 Å². The molecule has 0 bridgehead atoms. The third-order valence-electron chi connectivity index (χ3n) is 5.50. The van der Waals surface area contributed by atoms with Gasteiger partial charge in [0.25, 0.3) is 5.91 Å². The van der Waals surface area contributed by atoms with Crippen LogP contribution >= 0.6 is 0 Å². The Morgan fingerprint density at radius 3 is 2.77 bits per heavy atom. The minimum absolute atomic E-state index is 0.0350. The van der Waals surface area contributed by atoms with Gasteiger partial charge in [-0.25, -0.2) is 4.98 Å². The zero-order valence-electron chi connectivity index (χ0n) is 16.7. The van der Waals surface area contributed by atoms with Crippen LogP contribution in [-0.4, -0.2) is 45.1 Å². The first kappa shape index (κ1) is 19.2. The second-order valence-electron chi connectivity index (χ2n) is 7.50. The van der Waals surface area contributed by atoms with Crippen LogP contribution in [0.1, 0.15) is 22.5 Å². The molecule has 1 fully saturated rings. The van der Waals surface area contributed by atoms with Crippen molar-refractivity contribution in [2.45, 2.75) is 19.1 Å². The summed E-state index contributed by atoms with van der Waals surface area (Å²) in [6, 6.07) is 11.2. The highest BCUT2D eigenvalue weighted by atomic mass is 16.3. The molecule has 1 aromatic carbocycles. The van der Waals surface area contributed by atoms with E-state index in [0.29, 0.717) is 17.8 Å².